The molecular formula is C12H24N2O5S2. The van der Waals surface area contributed by atoms with Crippen LogP contribution in [0.25, 0.3) is 0 Å². The lowest BCUT2D eigenvalue weighted by atomic mass is 10.2. The van der Waals surface area contributed by atoms with E-state index >= 15 is 0 Å². The van der Waals surface area contributed by atoms with Gasteiger partial charge in [0.2, 0.25) is 15.9 Å². The lowest BCUT2D eigenvalue weighted by molar-refractivity contribution is -0.147. The third-order valence-corrected chi connectivity index (χ3v) is 4.90. The van der Waals surface area contributed by atoms with Gasteiger partial charge in [0.05, 0.1) is 12.9 Å². The minimum Gasteiger partial charge on any atom is -0.468 e. The molecule has 0 rings (SSSR count). The number of nitrogens with zero attached hydrogens (tertiary/aromatic N) is 1. The number of hydrogen-bond acceptors (Lipinski definition) is 6. The number of hydrogen-bond donors (Lipinski definition) is 1. The molecule has 21 heavy (non-hydrogen) atoms. The summed E-state index contributed by atoms with van der Waals surface area (Å²) < 4.78 is 30.3. The number of nitrogens with one attached hydrogen (secondary N) is 1. The van der Waals surface area contributed by atoms with Crippen molar-refractivity contribution in [3.63, 3.8) is 0 Å². The molecule has 1 amide bonds. The van der Waals surface area contributed by atoms with E-state index in [1.165, 1.54) is 30.7 Å². The predicted octanol–water partition coefficient (Wildman–Crippen LogP) is 0.0689. The zero-order chi connectivity index (χ0) is 16.5. The molecule has 124 valence electrons. The van der Waals surface area contributed by atoms with Crippen LogP contribution in [-0.4, -0.2) is 69.2 Å². The highest BCUT2D eigenvalue weighted by molar-refractivity contribution is 7.98. The summed E-state index contributed by atoms with van der Waals surface area (Å²) in [4.78, 5) is 25.0. The van der Waals surface area contributed by atoms with Gasteiger partial charge in [0.1, 0.15) is 12.6 Å². The largest absolute Gasteiger partial charge is 0.468 e. The van der Waals surface area contributed by atoms with E-state index in [0.29, 0.717) is 18.7 Å². The van der Waals surface area contributed by atoms with Gasteiger partial charge in [0, 0.05) is 6.54 Å². The molecule has 7 nitrogen and oxygen atoms in total. The van der Waals surface area contributed by atoms with Gasteiger partial charge in [0.15, 0.2) is 0 Å². The van der Waals surface area contributed by atoms with E-state index in [1.807, 2.05) is 6.26 Å². The van der Waals surface area contributed by atoms with Gasteiger partial charge in [0.25, 0.3) is 0 Å². The van der Waals surface area contributed by atoms with E-state index in [4.69, 9.17) is 0 Å². The first-order valence-electron chi connectivity index (χ1n) is 6.65. The normalized spacial score (nSPS) is 12.8. The maximum Gasteiger partial charge on any atom is 0.325 e. The number of sulfonamides is 1. The maximum atomic E-state index is 12.4. The number of thioether (sulfide) groups is 1. The molecule has 0 aliphatic carbocycles. The zero-order valence-corrected chi connectivity index (χ0v) is 14.6. The SMILES string of the molecule is CCN(CC(=O)OC)C(=O)C(CCSC)NS(=O)(=O)CC. The fraction of sp³-hybridized carbons (Fsp3) is 0.833. The molecule has 0 aliphatic rings. The monoisotopic (exact) mass is 340 g/mol. The van der Waals surface area contributed by atoms with Gasteiger partial charge in [-0.1, -0.05) is 0 Å². The van der Waals surface area contributed by atoms with Crippen molar-refractivity contribution in [1.29, 1.82) is 0 Å². The van der Waals surface area contributed by atoms with Gasteiger partial charge >= 0.3 is 5.97 Å². The van der Waals surface area contributed by atoms with Gasteiger partial charge in [-0.25, -0.2) is 13.1 Å². The molecule has 0 heterocycles. The van der Waals surface area contributed by atoms with Crippen LogP contribution >= 0.6 is 11.8 Å². The van der Waals surface area contributed by atoms with Crippen LogP contribution in [0, 0.1) is 0 Å². The molecule has 0 fully saturated rings. The van der Waals surface area contributed by atoms with E-state index in [0.717, 1.165) is 0 Å². The molecule has 0 aromatic heterocycles. The van der Waals surface area contributed by atoms with Crippen molar-refractivity contribution in [2.45, 2.75) is 26.3 Å². The Labute approximate surface area is 130 Å². The van der Waals surface area contributed by atoms with Crippen LogP contribution in [0.2, 0.25) is 0 Å². The summed E-state index contributed by atoms with van der Waals surface area (Å²) in [5.41, 5.74) is 0. The van der Waals surface area contributed by atoms with Crippen molar-refractivity contribution in [1.82, 2.24) is 9.62 Å². The van der Waals surface area contributed by atoms with Gasteiger partial charge in [-0.2, -0.15) is 11.8 Å². The third kappa shape index (κ3) is 7.68. The number of carbonyl (C=O) groups excluding carboxylic acids is 2. The van der Waals surface area contributed by atoms with Crippen LogP contribution in [0.5, 0.6) is 0 Å². The number of ether oxygens (including phenoxy) is 1. The Bertz CT molecular complexity index is 439. The summed E-state index contributed by atoms with van der Waals surface area (Å²) in [6, 6.07) is -0.855. The van der Waals surface area contributed by atoms with Crippen molar-refractivity contribution in [2.24, 2.45) is 0 Å². The second-order valence-electron chi connectivity index (χ2n) is 4.28. The molecular weight excluding hydrogens is 316 g/mol. The second kappa shape index (κ2) is 10.0. The topological polar surface area (TPSA) is 92.8 Å². The Kier molecular flexibility index (Phi) is 9.63. The standard InChI is InChI=1S/C12H24N2O5S2/c1-5-14(9-11(15)19-3)12(16)10(7-8-20-4)13-21(17,18)6-2/h10,13H,5-9H2,1-4H3. The average molecular weight is 340 g/mol. The molecule has 0 radical (unpaired) electrons. The average Bonchev–Trinajstić information content (AvgIpc) is 2.47. The first-order chi connectivity index (χ1) is 9.81. The summed E-state index contributed by atoms with van der Waals surface area (Å²) in [5, 5.41) is 0. The molecule has 9 heteroatoms. The Morgan fingerprint density at radius 2 is 1.95 bits per heavy atom. The molecule has 1 unspecified atom stereocenters. The Morgan fingerprint density at radius 3 is 2.38 bits per heavy atom. The third-order valence-electron chi connectivity index (χ3n) is 2.85. The Hall–Kier alpha value is -0.800. The smallest absolute Gasteiger partial charge is 0.325 e. The van der Waals surface area contributed by atoms with Crippen molar-refractivity contribution in [3.05, 3.63) is 0 Å². The molecule has 0 bridgehead atoms. The molecule has 1 atom stereocenters. The number of likely N-dealkylation sites (N-methyl/N-ethyl adjacent to an activating group) is 1. The molecule has 0 saturated carbocycles. The number of esters is 1. The van der Waals surface area contributed by atoms with Crippen LogP contribution in [0.4, 0.5) is 0 Å². The van der Waals surface area contributed by atoms with E-state index in [9.17, 15) is 18.0 Å². The summed E-state index contributed by atoms with van der Waals surface area (Å²) >= 11 is 1.52. The lowest BCUT2D eigenvalue weighted by Crippen LogP contribution is -2.50. The van der Waals surface area contributed by atoms with Gasteiger partial charge in [-0.15, -0.1) is 0 Å². The summed E-state index contributed by atoms with van der Waals surface area (Å²) in [6.45, 7) is 3.35. The summed E-state index contributed by atoms with van der Waals surface area (Å²) in [7, 11) is -2.25. The van der Waals surface area contributed by atoms with Gasteiger partial charge in [-0.3, -0.25) is 9.59 Å². The number of carbonyl (C=O) groups is 2. The fourth-order valence-corrected chi connectivity index (χ4v) is 2.85. The van der Waals surface area contributed by atoms with Crippen molar-refractivity contribution in [3.8, 4) is 0 Å². The van der Waals surface area contributed by atoms with Gasteiger partial charge < -0.3 is 9.64 Å². The predicted molar refractivity (Wildman–Crippen MR) is 83.7 cm³/mol. The Balaban J connectivity index is 5.01. The summed E-state index contributed by atoms with van der Waals surface area (Å²) in [6.07, 6.45) is 2.25. The minimum atomic E-state index is -3.49. The van der Waals surface area contributed by atoms with E-state index < -0.39 is 27.9 Å². The second-order valence-corrected chi connectivity index (χ2v) is 7.31. The van der Waals surface area contributed by atoms with Crippen LogP contribution < -0.4 is 4.72 Å². The minimum absolute atomic E-state index is 0.0980. The van der Waals surface area contributed by atoms with Crippen molar-refractivity contribution < 1.29 is 22.7 Å². The zero-order valence-electron chi connectivity index (χ0n) is 12.9. The highest BCUT2D eigenvalue weighted by atomic mass is 32.2. The number of methoxy groups -OCH3 is 1. The Morgan fingerprint density at radius 1 is 1.33 bits per heavy atom. The van der Waals surface area contributed by atoms with E-state index in [-0.39, 0.29) is 12.3 Å². The fourth-order valence-electron chi connectivity index (χ4n) is 1.55. The van der Waals surface area contributed by atoms with E-state index in [2.05, 4.69) is 9.46 Å². The van der Waals surface area contributed by atoms with Crippen molar-refractivity contribution >= 4 is 33.7 Å². The molecule has 0 aromatic rings. The first kappa shape index (κ1) is 20.2. The summed E-state index contributed by atoms with van der Waals surface area (Å²) in [5.74, 6) is -0.404. The maximum absolute atomic E-state index is 12.4. The highest BCUT2D eigenvalue weighted by Crippen LogP contribution is 2.07. The molecule has 0 saturated heterocycles. The quantitative estimate of drug-likeness (QED) is 0.566. The van der Waals surface area contributed by atoms with Crippen LogP contribution in [0.15, 0.2) is 0 Å². The molecule has 1 N–H and O–H groups in total. The molecule has 0 aliphatic heterocycles. The van der Waals surface area contributed by atoms with Crippen LogP contribution in [0.1, 0.15) is 20.3 Å². The first-order valence-corrected chi connectivity index (χ1v) is 9.70. The lowest BCUT2D eigenvalue weighted by Gasteiger charge is -2.25. The van der Waals surface area contributed by atoms with Crippen LogP contribution in [-0.2, 0) is 24.3 Å². The van der Waals surface area contributed by atoms with Crippen molar-refractivity contribution in [2.75, 3.05) is 38.0 Å². The number of rotatable bonds is 10. The van der Waals surface area contributed by atoms with E-state index in [1.54, 1.807) is 6.92 Å². The molecule has 0 spiro atoms. The highest BCUT2D eigenvalue weighted by Gasteiger charge is 2.28. The number of amides is 1. The van der Waals surface area contributed by atoms with Crippen LogP contribution in [0.3, 0.4) is 0 Å². The molecule has 0 aromatic carbocycles. The van der Waals surface area contributed by atoms with Gasteiger partial charge in [-0.05, 0) is 32.3 Å².